The lowest BCUT2D eigenvalue weighted by molar-refractivity contribution is -0.137. The molecule has 1 aromatic heterocycles. The molecule has 156 valence electrons. The number of thioether (sulfide) groups is 1. The van der Waals surface area contributed by atoms with E-state index in [9.17, 15) is 18.0 Å². The van der Waals surface area contributed by atoms with Crippen LogP contribution in [0.3, 0.4) is 0 Å². The molecule has 2 heterocycles. The molecule has 1 amide bonds. The second-order valence-corrected chi connectivity index (χ2v) is 7.81. The maximum atomic E-state index is 13.0. The van der Waals surface area contributed by atoms with Crippen molar-refractivity contribution < 1.29 is 22.7 Å². The summed E-state index contributed by atoms with van der Waals surface area (Å²) < 4.78 is 45.6. The van der Waals surface area contributed by atoms with Gasteiger partial charge < -0.3 is 4.74 Å². The van der Waals surface area contributed by atoms with E-state index in [0.29, 0.717) is 34.1 Å². The Kier molecular flexibility index (Phi) is 5.61. The molecule has 30 heavy (non-hydrogen) atoms. The van der Waals surface area contributed by atoms with Gasteiger partial charge in [-0.05, 0) is 42.5 Å². The first-order valence-corrected chi connectivity index (χ1v) is 10.1. The third kappa shape index (κ3) is 4.24. The highest BCUT2D eigenvalue weighted by Gasteiger charge is 2.32. The molecule has 0 radical (unpaired) electrons. The molecular formula is C19H14ClF3N4O2S. The predicted molar refractivity (Wildman–Crippen MR) is 105 cm³/mol. The van der Waals surface area contributed by atoms with Crippen LogP contribution in [0.5, 0.6) is 5.75 Å². The fraction of sp³-hybridized carbons (Fsp3) is 0.211. The van der Waals surface area contributed by atoms with Gasteiger partial charge in [0.15, 0.2) is 5.82 Å². The molecule has 1 aliphatic rings. The SMILES string of the molecule is O=C(c1ccc(C(F)(F)F)cc1)N1CCSc2nnc(COc3cccc(Cl)c3)n21. The van der Waals surface area contributed by atoms with E-state index in [1.54, 1.807) is 28.9 Å². The number of nitrogens with zero attached hydrogens (tertiary/aromatic N) is 4. The van der Waals surface area contributed by atoms with Gasteiger partial charge in [0.1, 0.15) is 12.4 Å². The Bertz CT molecular complexity index is 1070. The van der Waals surface area contributed by atoms with Crippen LogP contribution in [-0.4, -0.2) is 33.1 Å². The molecule has 0 unspecified atom stereocenters. The van der Waals surface area contributed by atoms with Crippen LogP contribution in [0.1, 0.15) is 21.7 Å². The van der Waals surface area contributed by atoms with Crippen molar-refractivity contribution in [2.24, 2.45) is 0 Å². The number of alkyl halides is 3. The molecule has 0 saturated carbocycles. The van der Waals surface area contributed by atoms with Crippen LogP contribution in [0.2, 0.25) is 5.02 Å². The molecule has 0 bridgehead atoms. The van der Waals surface area contributed by atoms with E-state index in [-0.39, 0.29) is 12.2 Å². The summed E-state index contributed by atoms with van der Waals surface area (Å²) in [5, 5.41) is 10.6. The third-order valence-electron chi connectivity index (χ3n) is 4.31. The van der Waals surface area contributed by atoms with E-state index in [2.05, 4.69) is 10.2 Å². The highest BCUT2D eigenvalue weighted by molar-refractivity contribution is 7.99. The first kappa shape index (κ1) is 20.5. The Morgan fingerprint density at radius 2 is 1.93 bits per heavy atom. The summed E-state index contributed by atoms with van der Waals surface area (Å²) in [5.74, 6) is 1.05. The second kappa shape index (κ2) is 8.19. The van der Waals surface area contributed by atoms with Crippen LogP contribution >= 0.6 is 23.4 Å². The number of amides is 1. The van der Waals surface area contributed by atoms with Gasteiger partial charge in [0.2, 0.25) is 5.16 Å². The molecule has 2 aromatic carbocycles. The highest BCUT2D eigenvalue weighted by atomic mass is 35.5. The first-order chi connectivity index (χ1) is 14.3. The molecule has 0 N–H and O–H groups in total. The highest BCUT2D eigenvalue weighted by Crippen LogP contribution is 2.30. The smallest absolute Gasteiger partial charge is 0.416 e. The first-order valence-electron chi connectivity index (χ1n) is 8.78. The average Bonchev–Trinajstić information content (AvgIpc) is 3.14. The Morgan fingerprint density at radius 3 is 2.63 bits per heavy atom. The number of hydrogen-bond acceptors (Lipinski definition) is 5. The largest absolute Gasteiger partial charge is 0.485 e. The molecule has 3 aromatic rings. The van der Waals surface area contributed by atoms with Gasteiger partial charge in [0.05, 0.1) is 12.1 Å². The quantitative estimate of drug-likeness (QED) is 0.584. The summed E-state index contributed by atoms with van der Waals surface area (Å²) in [7, 11) is 0. The monoisotopic (exact) mass is 454 g/mol. The number of fused-ring (bicyclic) bond motifs is 1. The molecule has 6 nitrogen and oxygen atoms in total. The average molecular weight is 455 g/mol. The van der Waals surface area contributed by atoms with Crippen molar-refractivity contribution in [1.82, 2.24) is 14.9 Å². The standard InChI is InChI=1S/C19H14ClF3N4O2S/c20-14-2-1-3-15(10-14)29-11-16-24-25-18-27(16)26(8-9-30-18)17(28)12-4-6-13(7-5-12)19(21,22)23/h1-7,10H,8-9,11H2. The summed E-state index contributed by atoms with van der Waals surface area (Å²) in [6.07, 6.45) is -4.46. The van der Waals surface area contributed by atoms with Crippen molar-refractivity contribution in [3.63, 3.8) is 0 Å². The predicted octanol–water partition coefficient (Wildman–Crippen LogP) is 4.41. The molecule has 11 heteroatoms. The fourth-order valence-corrected chi connectivity index (χ4v) is 3.94. The van der Waals surface area contributed by atoms with E-state index < -0.39 is 17.6 Å². The van der Waals surface area contributed by atoms with Crippen molar-refractivity contribution in [2.45, 2.75) is 17.9 Å². The zero-order valence-corrected chi connectivity index (χ0v) is 16.8. The van der Waals surface area contributed by atoms with Crippen molar-refractivity contribution in [2.75, 3.05) is 17.3 Å². The molecule has 0 spiro atoms. The summed E-state index contributed by atoms with van der Waals surface area (Å²) >= 11 is 7.38. The second-order valence-electron chi connectivity index (χ2n) is 6.31. The summed E-state index contributed by atoms with van der Waals surface area (Å²) in [6, 6.07) is 11.0. The van der Waals surface area contributed by atoms with E-state index in [4.69, 9.17) is 16.3 Å². The number of rotatable bonds is 4. The zero-order valence-electron chi connectivity index (χ0n) is 15.3. The van der Waals surface area contributed by atoms with Crippen LogP contribution in [0.4, 0.5) is 13.2 Å². The van der Waals surface area contributed by atoms with Gasteiger partial charge >= 0.3 is 6.18 Å². The topological polar surface area (TPSA) is 60.3 Å². The van der Waals surface area contributed by atoms with Crippen LogP contribution in [0.25, 0.3) is 0 Å². The van der Waals surface area contributed by atoms with Crippen molar-refractivity contribution in [1.29, 1.82) is 0 Å². The van der Waals surface area contributed by atoms with Gasteiger partial charge in [-0.25, -0.2) is 9.69 Å². The zero-order chi connectivity index (χ0) is 21.3. The van der Waals surface area contributed by atoms with Gasteiger partial charge in [-0.3, -0.25) is 4.79 Å². The molecular weight excluding hydrogens is 441 g/mol. The normalized spacial score (nSPS) is 13.8. The number of ether oxygens (including phenoxy) is 1. The third-order valence-corrected chi connectivity index (χ3v) is 5.44. The van der Waals surface area contributed by atoms with Crippen LogP contribution in [-0.2, 0) is 12.8 Å². The lowest BCUT2D eigenvalue weighted by atomic mass is 10.1. The lowest BCUT2D eigenvalue weighted by Gasteiger charge is -2.29. The maximum absolute atomic E-state index is 13.0. The molecule has 1 aliphatic heterocycles. The van der Waals surface area contributed by atoms with Crippen LogP contribution in [0.15, 0.2) is 53.7 Å². The summed E-state index contributed by atoms with van der Waals surface area (Å²) in [6.45, 7) is 0.379. The molecule has 0 fully saturated rings. The van der Waals surface area contributed by atoms with E-state index in [1.165, 1.54) is 28.9 Å². The Hall–Kier alpha value is -2.72. The van der Waals surface area contributed by atoms with Gasteiger partial charge in [-0.1, -0.05) is 29.4 Å². The molecule has 0 atom stereocenters. The van der Waals surface area contributed by atoms with Gasteiger partial charge in [-0.2, -0.15) is 13.2 Å². The van der Waals surface area contributed by atoms with Gasteiger partial charge in [0, 0.05) is 16.3 Å². The maximum Gasteiger partial charge on any atom is 0.416 e. The Morgan fingerprint density at radius 1 is 1.17 bits per heavy atom. The molecule has 4 rings (SSSR count). The number of carbonyl (C=O) groups excluding carboxylic acids is 1. The van der Waals surface area contributed by atoms with E-state index in [1.807, 2.05) is 0 Å². The number of hydrogen-bond donors (Lipinski definition) is 0. The number of aromatic nitrogens is 3. The Labute approximate surface area is 178 Å². The number of halogens is 4. The van der Waals surface area contributed by atoms with E-state index in [0.717, 1.165) is 12.1 Å². The molecule has 0 saturated heterocycles. The summed E-state index contributed by atoms with van der Waals surface area (Å²) in [4.78, 5) is 13.0. The van der Waals surface area contributed by atoms with E-state index >= 15 is 0 Å². The number of benzene rings is 2. The minimum Gasteiger partial charge on any atom is -0.485 e. The minimum atomic E-state index is -4.46. The van der Waals surface area contributed by atoms with Crippen molar-refractivity contribution in [3.05, 3.63) is 70.5 Å². The van der Waals surface area contributed by atoms with Gasteiger partial charge in [-0.15, -0.1) is 10.2 Å². The fourth-order valence-electron chi connectivity index (χ4n) is 2.89. The van der Waals surface area contributed by atoms with Gasteiger partial charge in [0.25, 0.3) is 5.91 Å². The molecule has 0 aliphatic carbocycles. The number of carbonyl (C=O) groups is 1. The Balaban J connectivity index is 1.57. The lowest BCUT2D eigenvalue weighted by Crippen LogP contribution is -2.45. The van der Waals surface area contributed by atoms with Crippen molar-refractivity contribution in [3.8, 4) is 5.75 Å². The van der Waals surface area contributed by atoms with Crippen molar-refractivity contribution >= 4 is 29.3 Å². The minimum absolute atomic E-state index is 0.0324. The van der Waals surface area contributed by atoms with Crippen LogP contribution < -0.4 is 9.75 Å². The summed E-state index contributed by atoms with van der Waals surface area (Å²) in [5.41, 5.74) is -0.676. The van der Waals surface area contributed by atoms with Crippen LogP contribution in [0, 0.1) is 0 Å².